The zero-order chi connectivity index (χ0) is 13.9. The fraction of sp³-hybridized carbons (Fsp3) is 0.818. The molecule has 2 fully saturated rings. The summed E-state index contributed by atoms with van der Waals surface area (Å²) in [5, 5.41) is 10.7. The minimum atomic E-state index is -1.57. The van der Waals surface area contributed by atoms with Crippen LogP contribution in [0.3, 0.4) is 0 Å². The van der Waals surface area contributed by atoms with Crippen LogP contribution in [-0.2, 0) is 19.2 Å². The summed E-state index contributed by atoms with van der Waals surface area (Å²) in [6, 6.07) is -0.924. The first kappa shape index (κ1) is 13.5. The number of nitrogens with zero attached hydrogens (tertiary/aromatic N) is 1. The molecule has 1 heterocycles. The van der Waals surface area contributed by atoms with Gasteiger partial charge in [-0.1, -0.05) is 0 Å². The molecule has 0 aromatic rings. The Labute approximate surface area is 114 Å². The Hall–Kier alpha value is -0.490. The monoisotopic (exact) mass is 303 g/mol. The molecule has 0 aromatic heterocycles. The van der Waals surface area contributed by atoms with Crippen LogP contribution in [-0.4, -0.2) is 38.4 Å². The van der Waals surface area contributed by atoms with Crippen LogP contribution in [0.4, 0.5) is 0 Å². The van der Waals surface area contributed by atoms with Crippen molar-refractivity contribution in [3.63, 3.8) is 0 Å². The Morgan fingerprint density at radius 3 is 2.32 bits per heavy atom. The fourth-order valence-electron chi connectivity index (χ4n) is 3.45. The van der Waals surface area contributed by atoms with Gasteiger partial charge in [0.1, 0.15) is 0 Å². The van der Waals surface area contributed by atoms with Gasteiger partial charge >= 0.3 is 113 Å². The maximum absolute atomic E-state index is 11.8. The first-order valence-electron chi connectivity index (χ1n) is 6.09. The van der Waals surface area contributed by atoms with Gasteiger partial charge < -0.3 is 0 Å². The molecule has 8 heteroatoms. The van der Waals surface area contributed by atoms with Crippen molar-refractivity contribution < 1.29 is 18.6 Å². The van der Waals surface area contributed by atoms with Crippen LogP contribution in [0.2, 0.25) is 0 Å². The molecule has 2 bridgehead atoms. The summed E-state index contributed by atoms with van der Waals surface area (Å²) >= 11 is 0. The first-order chi connectivity index (χ1) is 8.82. The van der Waals surface area contributed by atoms with Gasteiger partial charge in [0, 0.05) is 0 Å². The Morgan fingerprint density at radius 1 is 1.26 bits per heavy atom. The Kier molecular flexibility index (Phi) is 3.02. The molecule has 0 radical (unpaired) electrons. The molecule has 0 N–H and O–H groups in total. The predicted molar refractivity (Wildman–Crippen MR) is 69.6 cm³/mol. The van der Waals surface area contributed by atoms with Crippen molar-refractivity contribution in [3.05, 3.63) is 22.3 Å². The van der Waals surface area contributed by atoms with E-state index in [1.165, 1.54) is 0 Å². The van der Waals surface area contributed by atoms with Gasteiger partial charge in [0.2, 0.25) is 0 Å². The average Bonchev–Trinajstić information content (AvgIpc) is 2.64. The van der Waals surface area contributed by atoms with E-state index in [0.717, 1.165) is 0 Å². The number of nitro groups is 1. The molecule has 1 saturated heterocycles. The van der Waals surface area contributed by atoms with Crippen LogP contribution in [0, 0.1) is 22.0 Å². The molecule has 4 rings (SSSR count). The molecule has 3 aliphatic carbocycles. The molecule has 1 aliphatic heterocycles. The number of hydrogen-bond acceptors (Lipinski definition) is 5. The third kappa shape index (κ3) is 1.95. The molecule has 1 saturated carbocycles. The number of rotatable bonds is 1. The van der Waals surface area contributed by atoms with Crippen molar-refractivity contribution in [2.24, 2.45) is 11.8 Å². The van der Waals surface area contributed by atoms with Crippen LogP contribution < -0.4 is 0 Å². The van der Waals surface area contributed by atoms with E-state index in [2.05, 4.69) is 7.81 Å². The Bertz CT molecular complexity index is 585. The number of fused-ring (bicyclic) bond motifs is 1. The van der Waals surface area contributed by atoms with Crippen molar-refractivity contribution in [1.82, 2.24) is 0 Å². The average molecular weight is 303 g/mol. The summed E-state index contributed by atoms with van der Waals surface area (Å²) in [5.74, 6) is -1.45. The second-order valence-corrected chi connectivity index (χ2v) is 7.80. The van der Waals surface area contributed by atoms with E-state index in [9.17, 15) is 14.3 Å². The first-order valence-corrected chi connectivity index (χ1v) is 8.35. The van der Waals surface area contributed by atoms with Gasteiger partial charge in [-0.05, 0) is 0 Å². The van der Waals surface area contributed by atoms with Gasteiger partial charge in [-0.3, -0.25) is 0 Å². The topological polar surface area (TPSA) is 78.7 Å². The molecule has 6 nitrogen and oxygen atoms in total. The molecule has 19 heavy (non-hydrogen) atoms. The van der Waals surface area contributed by atoms with Crippen LogP contribution in [0.1, 0.15) is 13.8 Å². The third-order valence-corrected chi connectivity index (χ3v) is 5.85. The van der Waals surface area contributed by atoms with E-state index in [4.69, 9.17) is 9.47 Å². The zero-order valence-electron chi connectivity index (χ0n) is 10.5. The molecule has 0 spiro atoms. The van der Waals surface area contributed by atoms with E-state index in [-0.39, 0.29) is 23.0 Å². The van der Waals surface area contributed by atoms with Crippen LogP contribution in [0.15, 0.2) is 12.2 Å². The quantitative estimate of drug-likeness (QED) is 0.317. The van der Waals surface area contributed by atoms with Crippen molar-refractivity contribution >= 4 is 17.6 Å². The van der Waals surface area contributed by atoms with Crippen molar-refractivity contribution in [2.45, 2.75) is 43.1 Å². The van der Waals surface area contributed by atoms with E-state index in [1.54, 1.807) is 19.9 Å². The van der Waals surface area contributed by atoms with Gasteiger partial charge in [-0.25, -0.2) is 0 Å². The SMILES string of the molecule is CC1(C)OC2C3C=CC(C2O1)C(S(=O)#P)C3[N+](=O)[O-]. The molecule has 4 aliphatic rings. The normalized spacial score (nSPS) is 45.9. The summed E-state index contributed by atoms with van der Waals surface area (Å²) in [7, 11) is 2.37. The van der Waals surface area contributed by atoms with Gasteiger partial charge in [0.05, 0.1) is 0 Å². The molecule has 0 aromatic carbocycles. The van der Waals surface area contributed by atoms with Crippen LogP contribution in [0.5, 0.6) is 0 Å². The second kappa shape index (κ2) is 4.25. The molecule has 6 unspecified atom stereocenters. The summed E-state index contributed by atoms with van der Waals surface area (Å²) in [6.07, 6.45) is 3.06. The molecular weight excluding hydrogens is 289 g/mol. The van der Waals surface area contributed by atoms with Gasteiger partial charge in [-0.15, -0.1) is 0 Å². The van der Waals surface area contributed by atoms with Crippen molar-refractivity contribution in [2.75, 3.05) is 0 Å². The summed E-state index contributed by atoms with van der Waals surface area (Å²) in [6.45, 7) is 3.58. The van der Waals surface area contributed by atoms with Gasteiger partial charge in [0.15, 0.2) is 0 Å². The summed E-state index contributed by atoms with van der Waals surface area (Å²) < 4.78 is 23.4. The van der Waals surface area contributed by atoms with E-state index < -0.39 is 32.8 Å². The number of ether oxygens (including phenoxy) is 2. The minimum absolute atomic E-state index is 0.276. The molecule has 0 amide bonds. The third-order valence-electron chi connectivity index (χ3n) is 4.06. The second-order valence-electron chi connectivity index (χ2n) is 5.62. The Morgan fingerprint density at radius 2 is 1.79 bits per heavy atom. The van der Waals surface area contributed by atoms with Gasteiger partial charge in [0.25, 0.3) is 0 Å². The van der Waals surface area contributed by atoms with Gasteiger partial charge in [-0.2, -0.15) is 0 Å². The van der Waals surface area contributed by atoms with E-state index >= 15 is 0 Å². The Balaban J connectivity index is 2.05. The number of hydrogen-bond donors (Lipinski definition) is 0. The molecule has 104 valence electrons. The fourth-order valence-corrected chi connectivity index (χ4v) is 5.28. The van der Waals surface area contributed by atoms with Crippen LogP contribution >= 0.6 is 7.81 Å². The predicted octanol–water partition coefficient (Wildman–Crippen LogP) is 1.41. The van der Waals surface area contributed by atoms with E-state index in [1.807, 2.05) is 6.08 Å². The standard InChI is InChI=1S/C11H14NO5PS/c1-11(2)16-8-5-3-4-6(9(8)17-11)10(19(15)18)7(5)12(13)14/h3-10H,1-2H3. The molecular formula is C11H14NO5PS. The maximum atomic E-state index is 11.8. The van der Waals surface area contributed by atoms with Crippen molar-refractivity contribution in [1.29, 1.82) is 0 Å². The van der Waals surface area contributed by atoms with E-state index in [0.29, 0.717) is 0 Å². The van der Waals surface area contributed by atoms with Crippen molar-refractivity contribution in [3.8, 4) is 0 Å². The molecule has 6 atom stereocenters. The summed E-state index contributed by atoms with van der Waals surface area (Å²) in [4.78, 5) is 11.0. The van der Waals surface area contributed by atoms with Crippen LogP contribution in [0.25, 0.3) is 0 Å². The zero-order valence-corrected chi connectivity index (χ0v) is 12.2. The summed E-state index contributed by atoms with van der Waals surface area (Å²) in [5.41, 5.74) is 0.